The van der Waals surface area contributed by atoms with Gasteiger partial charge >= 0.3 is 0 Å². The number of nitrogens with one attached hydrogen (secondary N) is 1. The van der Waals surface area contributed by atoms with Gasteiger partial charge in [-0.25, -0.2) is 11.7 Å². The topological polar surface area (TPSA) is 101 Å². The Kier molecular flexibility index (Phi) is 2.06. The van der Waals surface area contributed by atoms with Gasteiger partial charge in [0.1, 0.15) is 5.92 Å². The minimum atomic E-state index is -0.690. The molecule has 6 nitrogen and oxygen atoms in total. The summed E-state index contributed by atoms with van der Waals surface area (Å²) in [4.78, 5) is 21.8. The zero-order valence-corrected chi connectivity index (χ0v) is 5.91. The van der Waals surface area contributed by atoms with Crippen molar-refractivity contribution in [2.45, 2.75) is 6.42 Å². The second-order valence-corrected chi connectivity index (χ2v) is 2.38. The first-order valence-corrected chi connectivity index (χ1v) is 3.23. The summed E-state index contributed by atoms with van der Waals surface area (Å²) in [5.74, 6) is 8.55. The van der Waals surface area contributed by atoms with Crippen LogP contribution in [0, 0.1) is 5.92 Å². The Labute approximate surface area is 63.4 Å². The van der Waals surface area contributed by atoms with Crippen LogP contribution in [0.3, 0.4) is 0 Å². The number of carbonyl (C=O) groups is 2. The van der Waals surface area contributed by atoms with Crippen LogP contribution in [-0.4, -0.2) is 23.4 Å². The zero-order chi connectivity index (χ0) is 8.43. The van der Waals surface area contributed by atoms with Gasteiger partial charge in [0.2, 0.25) is 11.8 Å². The van der Waals surface area contributed by atoms with Crippen molar-refractivity contribution in [3.05, 3.63) is 0 Å². The molecule has 2 amide bonds. The third-order valence-electron chi connectivity index (χ3n) is 1.70. The van der Waals surface area contributed by atoms with E-state index in [4.69, 9.17) is 11.7 Å². The standard InChI is InChI=1S/C5H10N4O2/c6-8-4(10)3-1-2-9(7)5(3)11/h3H,1-2,6-7H2,(H,8,10)/t3-/m0/s1. The molecule has 0 spiro atoms. The first-order chi connectivity index (χ1) is 5.16. The van der Waals surface area contributed by atoms with E-state index in [1.54, 1.807) is 0 Å². The fraction of sp³-hybridized carbons (Fsp3) is 0.600. The van der Waals surface area contributed by atoms with E-state index < -0.39 is 11.8 Å². The molecule has 6 heteroatoms. The minimum Gasteiger partial charge on any atom is -0.294 e. The Morgan fingerprint density at radius 1 is 1.73 bits per heavy atom. The molecule has 1 heterocycles. The first-order valence-electron chi connectivity index (χ1n) is 3.23. The molecule has 1 aliphatic heterocycles. The predicted molar refractivity (Wildman–Crippen MR) is 36.3 cm³/mol. The zero-order valence-electron chi connectivity index (χ0n) is 5.91. The maximum absolute atomic E-state index is 11.0. The fourth-order valence-electron chi connectivity index (χ4n) is 1.05. The van der Waals surface area contributed by atoms with Gasteiger partial charge in [0.05, 0.1) is 0 Å². The number of hydrazine groups is 2. The molecule has 0 aliphatic carbocycles. The number of carbonyl (C=O) groups excluding carboxylic acids is 2. The van der Waals surface area contributed by atoms with Gasteiger partial charge < -0.3 is 0 Å². The fourth-order valence-corrected chi connectivity index (χ4v) is 1.05. The van der Waals surface area contributed by atoms with Gasteiger partial charge in [-0.1, -0.05) is 0 Å². The number of hydrogen-bond acceptors (Lipinski definition) is 4. The molecule has 0 saturated carbocycles. The molecule has 1 fully saturated rings. The van der Waals surface area contributed by atoms with Crippen molar-refractivity contribution in [2.24, 2.45) is 17.6 Å². The van der Waals surface area contributed by atoms with Gasteiger partial charge in [-0.15, -0.1) is 0 Å². The Hall–Kier alpha value is -1.14. The average Bonchev–Trinajstić information content (AvgIpc) is 2.32. The van der Waals surface area contributed by atoms with Crippen LogP contribution in [-0.2, 0) is 9.59 Å². The lowest BCUT2D eigenvalue weighted by Gasteiger charge is -2.07. The molecule has 0 aromatic rings. The smallest absolute Gasteiger partial charge is 0.249 e. The molecule has 1 saturated heterocycles. The first kappa shape index (κ1) is 7.96. The van der Waals surface area contributed by atoms with E-state index in [0.717, 1.165) is 5.01 Å². The van der Waals surface area contributed by atoms with Crippen LogP contribution < -0.4 is 17.1 Å². The lowest BCUT2D eigenvalue weighted by atomic mass is 10.1. The Balaban J connectivity index is 2.62. The maximum atomic E-state index is 11.0. The third-order valence-corrected chi connectivity index (χ3v) is 1.70. The average molecular weight is 158 g/mol. The molecule has 62 valence electrons. The van der Waals surface area contributed by atoms with E-state index in [1.165, 1.54) is 0 Å². The van der Waals surface area contributed by atoms with Gasteiger partial charge in [0.25, 0.3) is 0 Å². The monoisotopic (exact) mass is 158 g/mol. The second-order valence-electron chi connectivity index (χ2n) is 2.38. The van der Waals surface area contributed by atoms with Crippen molar-refractivity contribution in [2.75, 3.05) is 6.54 Å². The largest absolute Gasteiger partial charge is 0.294 e. The molecule has 1 aliphatic rings. The summed E-state index contributed by atoms with van der Waals surface area (Å²) in [6.07, 6.45) is 0.443. The van der Waals surface area contributed by atoms with Gasteiger partial charge in [-0.3, -0.25) is 20.0 Å². The highest BCUT2D eigenvalue weighted by atomic mass is 16.2. The maximum Gasteiger partial charge on any atom is 0.249 e. The number of nitrogens with zero attached hydrogens (tertiary/aromatic N) is 1. The molecule has 11 heavy (non-hydrogen) atoms. The van der Waals surface area contributed by atoms with Gasteiger partial charge in [0, 0.05) is 6.54 Å². The van der Waals surface area contributed by atoms with Crippen LogP contribution in [0.2, 0.25) is 0 Å². The molecule has 5 N–H and O–H groups in total. The van der Waals surface area contributed by atoms with Crippen LogP contribution in [0.1, 0.15) is 6.42 Å². The number of rotatable bonds is 1. The van der Waals surface area contributed by atoms with E-state index >= 15 is 0 Å². The van der Waals surface area contributed by atoms with Gasteiger partial charge in [0.15, 0.2) is 0 Å². The number of nitrogens with two attached hydrogens (primary N) is 2. The van der Waals surface area contributed by atoms with Crippen LogP contribution in [0.15, 0.2) is 0 Å². The van der Waals surface area contributed by atoms with Crippen molar-refractivity contribution in [1.82, 2.24) is 10.4 Å². The molecule has 0 bridgehead atoms. The van der Waals surface area contributed by atoms with Crippen LogP contribution in [0.5, 0.6) is 0 Å². The highest BCUT2D eigenvalue weighted by Crippen LogP contribution is 2.14. The molecule has 0 unspecified atom stereocenters. The van der Waals surface area contributed by atoms with Crippen molar-refractivity contribution in [1.29, 1.82) is 0 Å². The molecule has 0 radical (unpaired) electrons. The van der Waals surface area contributed by atoms with Gasteiger partial charge in [-0.05, 0) is 6.42 Å². The van der Waals surface area contributed by atoms with Crippen LogP contribution >= 0.6 is 0 Å². The second kappa shape index (κ2) is 2.85. The van der Waals surface area contributed by atoms with Crippen molar-refractivity contribution < 1.29 is 9.59 Å². The van der Waals surface area contributed by atoms with Crippen LogP contribution in [0.4, 0.5) is 0 Å². The summed E-state index contributed by atoms with van der Waals surface area (Å²) in [6, 6.07) is 0. The summed E-state index contributed by atoms with van der Waals surface area (Å²) in [5.41, 5.74) is 1.92. The van der Waals surface area contributed by atoms with Crippen LogP contribution in [0.25, 0.3) is 0 Å². The Bertz CT molecular complexity index is 193. The molecule has 1 atom stereocenters. The van der Waals surface area contributed by atoms with E-state index in [1.807, 2.05) is 5.43 Å². The SMILES string of the molecule is NNC(=O)[C@@H]1CCN(N)C1=O. The van der Waals surface area contributed by atoms with E-state index in [9.17, 15) is 9.59 Å². The lowest BCUT2D eigenvalue weighted by molar-refractivity contribution is -0.137. The molecular weight excluding hydrogens is 148 g/mol. The summed E-state index contributed by atoms with van der Waals surface area (Å²) in [6.45, 7) is 0.414. The highest BCUT2D eigenvalue weighted by Gasteiger charge is 2.34. The number of hydrogen-bond donors (Lipinski definition) is 3. The Morgan fingerprint density at radius 3 is 2.73 bits per heavy atom. The quantitative estimate of drug-likeness (QED) is 0.173. The van der Waals surface area contributed by atoms with E-state index in [-0.39, 0.29) is 5.91 Å². The summed E-state index contributed by atoms with van der Waals surface area (Å²) < 4.78 is 0. The molecule has 1 rings (SSSR count). The highest BCUT2D eigenvalue weighted by molar-refractivity contribution is 6.01. The van der Waals surface area contributed by atoms with Crippen molar-refractivity contribution >= 4 is 11.8 Å². The molecule has 0 aromatic carbocycles. The van der Waals surface area contributed by atoms with Crippen molar-refractivity contribution in [3.63, 3.8) is 0 Å². The van der Waals surface area contributed by atoms with E-state index in [2.05, 4.69) is 0 Å². The van der Waals surface area contributed by atoms with E-state index in [0.29, 0.717) is 13.0 Å². The molecule has 0 aromatic heterocycles. The minimum absolute atomic E-state index is 0.368. The predicted octanol–water partition coefficient (Wildman–Crippen LogP) is -2.30. The Morgan fingerprint density at radius 2 is 2.36 bits per heavy atom. The molecular formula is C5H10N4O2. The summed E-state index contributed by atoms with van der Waals surface area (Å²) in [7, 11) is 0. The third kappa shape index (κ3) is 1.31. The number of amides is 2. The van der Waals surface area contributed by atoms with Gasteiger partial charge in [-0.2, -0.15) is 0 Å². The normalized spacial score (nSPS) is 24.0. The van der Waals surface area contributed by atoms with Crippen molar-refractivity contribution in [3.8, 4) is 0 Å². The lowest BCUT2D eigenvalue weighted by Crippen LogP contribution is -2.41. The summed E-state index contributed by atoms with van der Waals surface area (Å²) in [5, 5.41) is 1.03. The summed E-state index contributed by atoms with van der Waals surface area (Å²) >= 11 is 0.